The molecule has 0 unspecified atom stereocenters. The molecule has 0 saturated heterocycles. The smallest absolute Gasteiger partial charge is 0.262 e. The maximum atomic E-state index is 12.3. The van der Waals surface area contributed by atoms with Gasteiger partial charge in [-0.2, -0.15) is 0 Å². The Kier molecular flexibility index (Phi) is 4.63. The summed E-state index contributed by atoms with van der Waals surface area (Å²) in [5.74, 6) is 0.0609. The van der Waals surface area contributed by atoms with Gasteiger partial charge in [0.05, 0.1) is 17.8 Å². The Hall–Kier alpha value is -2.99. The second kappa shape index (κ2) is 6.86. The van der Waals surface area contributed by atoms with Gasteiger partial charge in [0.1, 0.15) is 5.75 Å². The number of methoxy groups -OCH3 is 1. The molecule has 128 valence electrons. The molecule has 0 saturated carbocycles. The third-order valence-electron chi connectivity index (χ3n) is 3.59. The molecule has 0 aliphatic carbocycles. The number of phenols is 1. The van der Waals surface area contributed by atoms with Crippen molar-refractivity contribution in [2.75, 3.05) is 19.0 Å². The van der Waals surface area contributed by atoms with Crippen LogP contribution in [0.1, 0.15) is 15.9 Å². The number of nitrogens with one attached hydrogen (secondary N) is 1. The highest BCUT2D eigenvalue weighted by atomic mass is 35.5. The molecule has 1 aliphatic heterocycles. The minimum Gasteiger partial charge on any atom is -0.503 e. The summed E-state index contributed by atoms with van der Waals surface area (Å²) < 4.78 is 10.3. The lowest BCUT2D eigenvalue weighted by atomic mass is 10.1. The van der Waals surface area contributed by atoms with Crippen LogP contribution < -0.4 is 14.8 Å². The van der Waals surface area contributed by atoms with Crippen molar-refractivity contribution < 1.29 is 24.2 Å². The number of amides is 1. The number of fused-ring (bicyclic) bond motifs is 1. The average molecular weight is 360 g/mol. The summed E-state index contributed by atoms with van der Waals surface area (Å²) in [6, 6.07) is 7.89. The lowest BCUT2D eigenvalue weighted by Crippen LogP contribution is -2.25. The first kappa shape index (κ1) is 16.9. The van der Waals surface area contributed by atoms with Crippen LogP contribution in [0, 0.1) is 0 Å². The Labute approximate surface area is 148 Å². The first-order valence-electron chi connectivity index (χ1n) is 7.33. The molecule has 0 radical (unpaired) electrons. The lowest BCUT2D eigenvalue weighted by Gasteiger charge is -2.17. The highest BCUT2D eigenvalue weighted by Crippen LogP contribution is 2.35. The number of anilines is 1. The van der Waals surface area contributed by atoms with E-state index in [2.05, 4.69) is 5.32 Å². The second-order valence-electron chi connectivity index (χ2n) is 5.30. The van der Waals surface area contributed by atoms with Crippen LogP contribution in [0.25, 0.3) is 6.08 Å². The van der Waals surface area contributed by atoms with Gasteiger partial charge in [-0.05, 0) is 42.0 Å². The van der Waals surface area contributed by atoms with Gasteiger partial charge in [-0.15, -0.1) is 0 Å². The third kappa shape index (κ3) is 3.59. The SMILES string of the molecule is COc1cc(C=CC(=O)c2ccc3c(c2)NC(=O)CO3)cc(Cl)c1O. The van der Waals surface area contributed by atoms with Gasteiger partial charge in [0.25, 0.3) is 5.91 Å². The molecular weight excluding hydrogens is 346 g/mol. The highest BCUT2D eigenvalue weighted by molar-refractivity contribution is 6.32. The molecule has 0 bridgehead atoms. The van der Waals surface area contributed by atoms with Gasteiger partial charge in [-0.3, -0.25) is 9.59 Å². The van der Waals surface area contributed by atoms with Crippen LogP contribution in [0.5, 0.6) is 17.2 Å². The molecule has 7 heteroatoms. The van der Waals surface area contributed by atoms with E-state index in [0.717, 1.165) is 0 Å². The fraction of sp³-hybridized carbons (Fsp3) is 0.111. The molecule has 6 nitrogen and oxygen atoms in total. The predicted octanol–water partition coefficient (Wildman–Crippen LogP) is 3.28. The number of phenolic OH excluding ortho intramolecular Hbond substituents is 1. The largest absolute Gasteiger partial charge is 0.503 e. The zero-order chi connectivity index (χ0) is 18.0. The van der Waals surface area contributed by atoms with Gasteiger partial charge < -0.3 is 19.9 Å². The summed E-state index contributed by atoms with van der Waals surface area (Å²) in [4.78, 5) is 23.7. The zero-order valence-electron chi connectivity index (χ0n) is 13.2. The molecule has 2 N–H and O–H groups in total. The number of hydrogen-bond acceptors (Lipinski definition) is 5. The first-order valence-corrected chi connectivity index (χ1v) is 7.71. The topological polar surface area (TPSA) is 84.9 Å². The number of rotatable bonds is 4. The number of allylic oxidation sites excluding steroid dienone is 1. The Morgan fingerprint density at radius 3 is 2.92 bits per heavy atom. The van der Waals surface area contributed by atoms with E-state index in [1.807, 2.05) is 0 Å². The summed E-state index contributed by atoms with van der Waals surface area (Å²) in [6.07, 6.45) is 2.93. The molecule has 3 rings (SSSR count). The molecule has 0 aromatic heterocycles. The van der Waals surface area contributed by atoms with E-state index < -0.39 is 0 Å². The van der Waals surface area contributed by atoms with Crippen molar-refractivity contribution in [2.24, 2.45) is 0 Å². The Morgan fingerprint density at radius 1 is 1.36 bits per heavy atom. The fourth-order valence-corrected chi connectivity index (χ4v) is 2.57. The van der Waals surface area contributed by atoms with E-state index in [1.54, 1.807) is 30.3 Å². The van der Waals surface area contributed by atoms with Crippen molar-refractivity contribution in [3.63, 3.8) is 0 Å². The van der Waals surface area contributed by atoms with E-state index >= 15 is 0 Å². The van der Waals surface area contributed by atoms with E-state index in [1.165, 1.54) is 19.3 Å². The standard InChI is InChI=1S/C18H14ClNO5/c1-24-16-7-10(6-12(19)18(16)23)2-4-14(21)11-3-5-15-13(8-11)20-17(22)9-25-15/h2-8,23H,9H2,1H3,(H,20,22). The van der Waals surface area contributed by atoms with Gasteiger partial charge in [-0.25, -0.2) is 0 Å². The van der Waals surface area contributed by atoms with Gasteiger partial charge in [0.15, 0.2) is 23.9 Å². The number of hydrogen-bond donors (Lipinski definition) is 2. The summed E-state index contributed by atoms with van der Waals surface area (Å²) in [5, 5.41) is 12.5. The van der Waals surface area contributed by atoms with Crippen molar-refractivity contribution in [3.05, 3.63) is 52.6 Å². The normalized spacial score (nSPS) is 13.1. The van der Waals surface area contributed by atoms with Crippen molar-refractivity contribution in [3.8, 4) is 17.2 Å². The summed E-state index contributed by atoms with van der Waals surface area (Å²) >= 11 is 5.92. The molecule has 0 spiro atoms. The van der Waals surface area contributed by atoms with Crippen LogP contribution >= 0.6 is 11.6 Å². The number of aromatic hydroxyl groups is 1. The number of ketones is 1. The van der Waals surface area contributed by atoms with Crippen molar-refractivity contribution in [2.45, 2.75) is 0 Å². The van der Waals surface area contributed by atoms with Crippen molar-refractivity contribution >= 4 is 35.1 Å². The van der Waals surface area contributed by atoms with Gasteiger partial charge in [0.2, 0.25) is 0 Å². The number of halogens is 1. The molecule has 0 atom stereocenters. The monoisotopic (exact) mass is 359 g/mol. The molecule has 2 aromatic rings. The molecule has 1 heterocycles. The number of carbonyl (C=O) groups is 2. The van der Waals surface area contributed by atoms with Crippen molar-refractivity contribution in [1.82, 2.24) is 0 Å². The number of carbonyl (C=O) groups excluding carboxylic acids is 2. The van der Waals surface area contributed by atoms with Crippen LogP contribution in [0.3, 0.4) is 0 Å². The van der Waals surface area contributed by atoms with Crippen LogP contribution in [-0.4, -0.2) is 30.5 Å². The molecule has 25 heavy (non-hydrogen) atoms. The predicted molar refractivity (Wildman–Crippen MR) is 93.6 cm³/mol. The maximum absolute atomic E-state index is 12.3. The lowest BCUT2D eigenvalue weighted by molar-refractivity contribution is -0.118. The van der Waals surface area contributed by atoms with Gasteiger partial charge in [-0.1, -0.05) is 17.7 Å². The minimum absolute atomic E-state index is 0.0381. The zero-order valence-corrected chi connectivity index (χ0v) is 14.0. The minimum atomic E-state index is -0.265. The Bertz CT molecular complexity index is 891. The van der Waals surface area contributed by atoms with E-state index in [4.69, 9.17) is 21.1 Å². The number of benzene rings is 2. The summed E-state index contributed by atoms with van der Waals surface area (Å²) in [7, 11) is 1.41. The summed E-state index contributed by atoms with van der Waals surface area (Å²) in [5.41, 5.74) is 1.46. The fourth-order valence-electron chi connectivity index (χ4n) is 2.35. The van der Waals surface area contributed by atoms with Crippen LogP contribution in [0.15, 0.2) is 36.4 Å². The van der Waals surface area contributed by atoms with Gasteiger partial charge >= 0.3 is 0 Å². The molecule has 1 aliphatic rings. The van der Waals surface area contributed by atoms with E-state index in [9.17, 15) is 14.7 Å². The molecule has 0 fully saturated rings. The highest BCUT2D eigenvalue weighted by Gasteiger charge is 2.17. The summed E-state index contributed by atoms with van der Waals surface area (Å²) in [6.45, 7) is -0.0381. The Balaban J connectivity index is 1.83. The van der Waals surface area contributed by atoms with E-state index in [-0.39, 0.29) is 34.8 Å². The van der Waals surface area contributed by atoms with E-state index in [0.29, 0.717) is 22.6 Å². The number of ether oxygens (including phenoxy) is 2. The third-order valence-corrected chi connectivity index (χ3v) is 3.88. The van der Waals surface area contributed by atoms with Crippen LogP contribution in [0.2, 0.25) is 5.02 Å². The quantitative estimate of drug-likeness (QED) is 0.646. The van der Waals surface area contributed by atoms with Crippen molar-refractivity contribution in [1.29, 1.82) is 0 Å². The van der Waals surface area contributed by atoms with Gasteiger partial charge in [0, 0.05) is 5.56 Å². The van der Waals surface area contributed by atoms with Crippen LogP contribution in [0.4, 0.5) is 5.69 Å². The molecule has 2 aromatic carbocycles. The maximum Gasteiger partial charge on any atom is 0.262 e. The first-order chi connectivity index (χ1) is 12.0. The average Bonchev–Trinajstić information content (AvgIpc) is 2.61. The second-order valence-corrected chi connectivity index (χ2v) is 5.71. The molecule has 1 amide bonds. The molecular formula is C18H14ClNO5. The van der Waals surface area contributed by atoms with Crippen LogP contribution in [-0.2, 0) is 4.79 Å². The Morgan fingerprint density at radius 2 is 2.16 bits per heavy atom.